The highest BCUT2D eigenvalue weighted by Gasteiger charge is 2.09. The lowest BCUT2D eigenvalue weighted by atomic mass is 10.1. The molecule has 0 fully saturated rings. The lowest BCUT2D eigenvalue weighted by Gasteiger charge is -2.22. The summed E-state index contributed by atoms with van der Waals surface area (Å²) in [5.74, 6) is 0. The van der Waals surface area contributed by atoms with Crippen LogP contribution in [-0.4, -0.2) is 33.9 Å². The third kappa shape index (κ3) is 5.13. The number of hydrogen-bond donors (Lipinski definition) is 1. The van der Waals surface area contributed by atoms with Crippen molar-refractivity contribution in [1.82, 2.24) is 5.32 Å². The Bertz CT molecular complexity index is 384. The van der Waals surface area contributed by atoms with Crippen molar-refractivity contribution in [3.05, 3.63) is 28.2 Å². The van der Waals surface area contributed by atoms with Crippen LogP contribution in [0.25, 0.3) is 0 Å². The van der Waals surface area contributed by atoms with Crippen LogP contribution in [0.5, 0.6) is 0 Å². The Balaban J connectivity index is 2.73. The summed E-state index contributed by atoms with van der Waals surface area (Å²) in [6.07, 6.45) is 1.16. The molecule has 0 bridgehead atoms. The van der Waals surface area contributed by atoms with Gasteiger partial charge in [-0.1, -0.05) is 13.0 Å². The quantitative estimate of drug-likeness (QED) is 0.789. The average Bonchev–Trinajstić information content (AvgIpc) is 2.41. The highest BCUT2D eigenvalue weighted by atomic mass is 79.9. The van der Waals surface area contributed by atoms with Gasteiger partial charge in [0.15, 0.2) is 0 Å². The Morgan fingerprint density at radius 2 is 2.16 bits per heavy atom. The maximum Gasteiger partial charge on any atom is 0.0637 e. The van der Waals surface area contributed by atoms with E-state index in [4.69, 9.17) is 4.74 Å². The average molecular weight is 329 g/mol. The highest BCUT2D eigenvalue weighted by Crippen LogP contribution is 2.28. The fraction of sp³-hybridized carbons (Fsp3) is 0.600. The van der Waals surface area contributed by atoms with Gasteiger partial charge in [-0.25, -0.2) is 0 Å². The van der Waals surface area contributed by atoms with Crippen molar-refractivity contribution < 1.29 is 4.74 Å². The van der Waals surface area contributed by atoms with Crippen molar-refractivity contribution in [1.29, 1.82) is 0 Å². The minimum atomic E-state index is 0.384. The number of rotatable bonds is 8. The molecule has 0 saturated carbocycles. The lowest BCUT2D eigenvalue weighted by Crippen LogP contribution is -2.23. The van der Waals surface area contributed by atoms with Crippen molar-refractivity contribution in [3.8, 4) is 0 Å². The van der Waals surface area contributed by atoms with Crippen molar-refractivity contribution in [3.63, 3.8) is 0 Å². The molecule has 1 atom stereocenters. The van der Waals surface area contributed by atoms with E-state index in [1.807, 2.05) is 0 Å². The summed E-state index contributed by atoms with van der Waals surface area (Å²) in [5, 5.41) is 3.50. The first kappa shape index (κ1) is 16.5. The first-order chi connectivity index (χ1) is 9.10. The molecule has 0 radical (unpaired) electrons. The molecule has 0 aliphatic heterocycles. The standard InChI is InChI=1S/C15H25BrN2O/c1-5-8-17-12(2)13-6-7-15(14(16)11-13)18(3)9-10-19-4/h6-7,11-12,17H,5,8-10H2,1-4H3. The largest absolute Gasteiger partial charge is 0.383 e. The number of benzene rings is 1. The van der Waals surface area contributed by atoms with E-state index < -0.39 is 0 Å². The molecule has 1 N–H and O–H groups in total. The Labute approximate surface area is 125 Å². The molecule has 0 aromatic heterocycles. The number of nitrogens with zero attached hydrogens (tertiary/aromatic N) is 1. The van der Waals surface area contributed by atoms with Crippen molar-refractivity contribution in [2.24, 2.45) is 0 Å². The predicted octanol–water partition coefficient (Wildman–Crippen LogP) is 3.59. The number of halogens is 1. The molecule has 0 amide bonds. The molecule has 1 aromatic rings. The summed E-state index contributed by atoms with van der Waals surface area (Å²) in [6.45, 7) is 7.06. The zero-order valence-electron chi connectivity index (χ0n) is 12.4. The Morgan fingerprint density at radius 1 is 1.42 bits per heavy atom. The number of likely N-dealkylation sites (N-methyl/N-ethyl adjacent to an activating group) is 1. The first-order valence-electron chi connectivity index (χ1n) is 6.83. The molecule has 0 saturated heterocycles. The minimum absolute atomic E-state index is 0.384. The van der Waals surface area contributed by atoms with Crippen LogP contribution in [-0.2, 0) is 4.74 Å². The molecule has 1 aromatic carbocycles. The third-order valence-corrected chi connectivity index (χ3v) is 3.85. The van der Waals surface area contributed by atoms with Gasteiger partial charge in [-0.05, 0) is 53.5 Å². The smallest absolute Gasteiger partial charge is 0.0637 e. The van der Waals surface area contributed by atoms with Gasteiger partial charge in [0.1, 0.15) is 0 Å². The zero-order valence-corrected chi connectivity index (χ0v) is 14.0. The molecule has 4 heteroatoms. The Kier molecular flexibility index (Phi) is 7.42. The van der Waals surface area contributed by atoms with Crippen LogP contribution < -0.4 is 10.2 Å². The second-order valence-electron chi connectivity index (χ2n) is 4.80. The van der Waals surface area contributed by atoms with Gasteiger partial charge in [0.2, 0.25) is 0 Å². The van der Waals surface area contributed by atoms with Crippen LogP contribution in [0.1, 0.15) is 31.9 Å². The molecule has 3 nitrogen and oxygen atoms in total. The van der Waals surface area contributed by atoms with Gasteiger partial charge in [-0.3, -0.25) is 0 Å². The van der Waals surface area contributed by atoms with Crippen LogP contribution >= 0.6 is 15.9 Å². The molecule has 0 aliphatic carbocycles. The summed E-state index contributed by atoms with van der Waals surface area (Å²) >= 11 is 3.67. The molecule has 0 spiro atoms. The molecule has 0 heterocycles. The van der Waals surface area contributed by atoms with E-state index in [0.29, 0.717) is 6.04 Å². The SMILES string of the molecule is CCCNC(C)c1ccc(N(C)CCOC)c(Br)c1. The molecular formula is C15H25BrN2O. The highest BCUT2D eigenvalue weighted by molar-refractivity contribution is 9.10. The lowest BCUT2D eigenvalue weighted by molar-refractivity contribution is 0.206. The van der Waals surface area contributed by atoms with E-state index in [9.17, 15) is 0 Å². The predicted molar refractivity (Wildman–Crippen MR) is 86.0 cm³/mol. The second kappa shape index (κ2) is 8.56. The van der Waals surface area contributed by atoms with Gasteiger partial charge in [-0.2, -0.15) is 0 Å². The van der Waals surface area contributed by atoms with E-state index in [1.165, 1.54) is 11.3 Å². The number of anilines is 1. The molecular weight excluding hydrogens is 304 g/mol. The summed E-state index contributed by atoms with van der Waals surface area (Å²) in [7, 11) is 3.81. The Hall–Kier alpha value is -0.580. The van der Waals surface area contributed by atoms with Crippen LogP contribution in [0.4, 0.5) is 5.69 Å². The number of ether oxygens (including phenoxy) is 1. The van der Waals surface area contributed by atoms with Gasteiger partial charge in [0.05, 0.1) is 12.3 Å². The van der Waals surface area contributed by atoms with Crippen molar-refractivity contribution in [2.45, 2.75) is 26.3 Å². The topological polar surface area (TPSA) is 24.5 Å². The van der Waals surface area contributed by atoms with E-state index in [-0.39, 0.29) is 0 Å². The van der Waals surface area contributed by atoms with Gasteiger partial charge in [0.25, 0.3) is 0 Å². The monoisotopic (exact) mass is 328 g/mol. The van der Waals surface area contributed by atoms with Crippen LogP contribution in [0, 0.1) is 0 Å². The minimum Gasteiger partial charge on any atom is -0.383 e. The van der Waals surface area contributed by atoms with Crippen LogP contribution in [0.2, 0.25) is 0 Å². The zero-order chi connectivity index (χ0) is 14.3. The maximum absolute atomic E-state index is 5.11. The summed E-state index contributed by atoms with van der Waals surface area (Å²) in [5.41, 5.74) is 2.51. The maximum atomic E-state index is 5.11. The fourth-order valence-electron chi connectivity index (χ4n) is 1.93. The molecule has 108 valence electrons. The van der Waals surface area contributed by atoms with Crippen LogP contribution in [0.15, 0.2) is 22.7 Å². The molecule has 1 unspecified atom stereocenters. The van der Waals surface area contributed by atoms with Crippen molar-refractivity contribution >= 4 is 21.6 Å². The van der Waals surface area contributed by atoms with E-state index in [2.05, 4.69) is 65.2 Å². The molecule has 19 heavy (non-hydrogen) atoms. The second-order valence-corrected chi connectivity index (χ2v) is 5.66. The third-order valence-electron chi connectivity index (χ3n) is 3.21. The van der Waals surface area contributed by atoms with E-state index in [0.717, 1.165) is 30.6 Å². The summed E-state index contributed by atoms with van der Waals surface area (Å²) in [6, 6.07) is 6.94. The number of methoxy groups -OCH3 is 1. The summed E-state index contributed by atoms with van der Waals surface area (Å²) < 4.78 is 6.25. The van der Waals surface area contributed by atoms with Gasteiger partial charge < -0.3 is 15.0 Å². The fourth-order valence-corrected chi connectivity index (χ4v) is 2.63. The number of hydrogen-bond acceptors (Lipinski definition) is 3. The van der Waals surface area contributed by atoms with Crippen LogP contribution in [0.3, 0.4) is 0 Å². The summed E-state index contributed by atoms with van der Waals surface area (Å²) in [4.78, 5) is 2.20. The van der Waals surface area contributed by atoms with Gasteiger partial charge >= 0.3 is 0 Å². The van der Waals surface area contributed by atoms with E-state index in [1.54, 1.807) is 7.11 Å². The normalized spacial score (nSPS) is 12.5. The van der Waals surface area contributed by atoms with Crippen molar-refractivity contribution in [2.75, 3.05) is 38.8 Å². The first-order valence-corrected chi connectivity index (χ1v) is 7.62. The Morgan fingerprint density at radius 3 is 2.74 bits per heavy atom. The molecule has 0 aliphatic rings. The number of nitrogens with one attached hydrogen (secondary N) is 1. The van der Waals surface area contributed by atoms with Gasteiger partial charge in [-0.15, -0.1) is 0 Å². The molecule has 1 rings (SSSR count). The van der Waals surface area contributed by atoms with Gasteiger partial charge in [0, 0.05) is 31.2 Å². The van der Waals surface area contributed by atoms with E-state index >= 15 is 0 Å².